The molecular formula is C22H26N2O3S. The van der Waals surface area contributed by atoms with Crippen LogP contribution in [0.15, 0.2) is 36.5 Å². The summed E-state index contributed by atoms with van der Waals surface area (Å²) in [6.45, 7) is 4.23. The van der Waals surface area contributed by atoms with Gasteiger partial charge in [0.2, 0.25) is 0 Å². The topological polar surface area (TPSA) is 71.2 Å². The van der Waals surface area contributed by atoms with Crippen molar-refractivity contribution >= 4 is 34.1 Å². The first-order valence-electron chi connectivity index (χ1n) is 9.62. The number of hydrogen-bond donors (Lipinski definition) is 2. The fraction of sp³-hybridized carbons (Fsp3) is 0.364. The van der Waals surface area contributed by atoms with Gasteiger partial charge in [0.05, 0.1) is 12.0 Å². The molecule has 0 saturated carbocycles. The van der Waals surface area contributed by atoms with Crippen LogP contribution >= 0.6 is 11.3 Å². The molecule has 0 fully saturated rings. The summed E-state index contributed by atoms with van der Waals surface area (Å²) in [5.74, 6) is -0.669. The molecule has 0 aliphatic rings. The summed E-state index contributed by atoms with van der Waals surface area (Å²) in [7, 11) is 1.34. The van der Waals surface area contributed by atoms with E-state index < -0.39 is 12.0 Å². The third-order valence-corrected chi connectivity index (χ3v) is 6.10. The molecule has 0 spiro atoms. The highest BCUT2D eigenvalue weighted by atomic mass is 32.1. The number of aromatic amines is 1. The van der Waals surface area contributed by atoms with Gasteiger partial charge in [-0.05, 0) is 36.1 Å². The van der Waals surface area contributed by atoms with E-state index in [1.807, 2.05) is 36.5 Å². The zero-order valence-electron chi connectivity index (χ0n) is 16.5. The summed E-state index contributed by atoms with van der Waals surface area (Å²) < 4.78 is 4.94. The van der Waals surface area contributed by atoms with Crippen molar-refractivity contribution in [3.8, 4) is 0 Å². The van der Waals surface area contributed by atoms with Crippen LogP contribution in [0.3, 0.4) is 0 Å². The Bertz CT molecular complexity index is 973. The Kier molecular flexibility index (Phi) is 6.52. The molecule has 5 nitrogen and oxygen atoms in total. The maximum absolute atomic E-state index is 12.8. The van der Waals surface area contributed by atoms with E-state index in [-0.39, 0.29) is 5.91 Å². The molecule has 2 aromatic heterocycles. The Morgan fingerprint density at radius 2 is 2.00 bits per heavy atom. The van der Waals surface area contributed by atoms with Gasteiger partial charge in [0.1, 0.15) is 6.04 Å². The third-order valence-electron chi connectivity index (χ3n) is 4.87. The monoisotopic (exact) mass is 398 g/mol. The molecule has 1 unspecified atom stereocenters. The summed E-state index contributed by atoms with van der Waals surface area (Å²) in [6, 6.07) is 9.11. The van der Waals surface area contributed by atoms with Crippen LogP contribution in [-0.4, -0.2) is 30.0 Å². The number of benzene rings is 1. The Labute approximate surface area is 169 Å². The molecule has 6 heteroatoms. The van der Waals surface area contributed by atoms with Crippen molar-refractivity contribution in [3.63, 3.8) is 0 Å². The molecule has 148 valence electrons. The number of H-pyrrole nitrogens is 1. The van der Waals surface area contributed by atoms with Gasteiger partial charge in [-0.1, -0.05) is 38.5 Å². The van der Waals surface area contributed by atoms with E-state index in [0.29, 0.717) is 11.3 Å². The van der Waals surface area contributed by atoms with Crippen LogP contribution in [0.2, 0.25) is 0 Å². The van der Waals surface area contributed by atoms with Crippen molar-refractivity contribution in [1.29, 1.82) is 0 Å². The highest BCUT2D eigenvalue weighted by Gasteiger charge is 2.25. The van der Waals surface area contributed by atoms with Crippen LogP contribution in [0, 0.1) is 0 Å². The number of carbonyl (C=O) groups is 2. The first-order valence-corrected chi connectivity index (χ1v) is 10.4. The number of rotatable bonds is 8. The summed E-state index contributed by atoms with van der Waals surface area (Å²) in [5.41, 5.74) is 3.18. The number of amides is 1. The molecule has 3 aromatic rings. The molecule has 1 atom stereocenters. The number of thiophene rings is 1. The normalized spacial score (nSPS) is 12.1. The van der Waals surface area contributed by atoms with Gasteiger partial charge >= 0.3 is 5.97 Å². The maximum atomic E-state index is 12.8. The highest BCUT2D eigenvalue weighted by molar-refractivity contribution is 7.14. The molecule has 2 N–H and O–H groups in total. The lowest BCUT2D eigenvalue weighted by Gasteiger charge is -2.15. The number of carbonyl (C=O) groups excluding carboxylic acids is 2. The largest absolute Gasteiger partial charge is 0.467 e. The molecule has 0 saturated heterocycles. The van der Waals surface area contributed by atoms with E-state index in [0.717, 1.165) is 35.7 Å². The number of aryl methyl sites for hydroxylation is 2. The second-order valence-electron chi connectivity index (χ2n) is 6.78. The zero-order chi connectivity index (χ0) is 20.1. The Balaban J connectivity index is 1.81. The van der Waals surface area contributed by atoms with Crippen molar-refractivity contribution in [2.24, 2.45) is 0 Å². The zero-order valence-corrected chi connectivity index (χ0v) is 17.3. The SMILES string of the molecule is CCCc1sc(C(=O)NC(Cc2c[nH]c3ccccc23)C(=O)OC)cc1CC. The van der Waals surface area contributed by atoms with Gasteiger partial charge in [0, 0.05) is 28.4 Å². The van der Waals surface area contributed by atoms with Crippen LogP contribution < -0.4 is 5.32 Å². The fourth-order valence-corrected chi connectivity index (χ4v) is 4.66. The van der Waals surface area contributed by atoms with E-state index in [9.17, 15) is 9.59 Å². The maximum Gasteiger partial charge on any atom is 0.328 e. The average molecular weight is 399 g/mol. The molecule has 1 amide bonds. The minimum Gasteiger partial charge on any atom is -0.467 e. The molecule has 2 heterocycles. The fourth-order valence-electron chi connectivity index (χ4n) is 3.40. The Hall–Kier alpha value is -2.60. The van der Waals surface area contributed by atoms with E-state index in [2.05, 4.69) is 24.1 Å². The molecule has 0 radical (unpaired) electrons. The van der Waals surface area contributed by atoms with Crippen LogP contribution in [0.1, 0.15) is 45.9 Å². The van der Waals surface area contributed by atoms with Gasteiger partial charge in [-0.25, -0.2) is 4.79 Å². The quantitative estimate of drug-likeness (QED) is 0.557. The Morgan fingerprint density at radius 1 is 1.21 bits per heavy atom. The van der Waals surface area contributed by atoms with E-state index in [1.54, 1.807) is 0 Å². The molecule has 3 rings (SSSR count). The third kappa shape index (κ3) is 4.28. The minimum atomic E-state index is -0.737. The molecule has 0 bridgehead atoms. The van der Waals surface area contributed by atoms with Crippen molar-refractivity contribution < 1.29 is 14.3 Å². The van der Waals surface area contributed by atoms with Gasteiger partial charge in [-0.3, -0.25) is 4.79 Å². The molecular weight excluding hydrogens is 372 g/mol. The van der Waals surface area contributed by atoms with E-state index in [4.69, 9.17) is 4.74 Å². The molecule has 0 aliphatic carbocycles. The number of aromatic nitrogens is 1. The summed E-state index contributed by atoms with van der Waals surface area (Å²) in [6.07, 6.45) is 5.16. The number of nitrogens with one attached hydrogen (secondary N) is 2. The van der Waals surface area contributed by atoms with Gasteiger partial charge < -0.3 is 15.0 Å². The van der Waals surface area contributed by atoms with E-state index in [1.165, 1.54) is 28.9 Å². The number of methoxy groups -OCH3 is 1. The molecule has 0 aliphatic heterocycles. The van der Waals surface area contributed by atoms with Crippen LogP contribution in [-0.2, 0) is 28.8 Å². The van der Waals surface area contributed by atoms with Gasteiger partial charge in [0.15, 0.2) is 0 Å². The Morgan fingerprint density at radius 3 is 2.71 bits per heavy atom. The summed E-state index contributed by atoms with van der Waals surface area (Å²) in [4.78, 5) is 30.3. The number of para-hydroxylation sites is 1. The predicted octanol–water partition coefficient (Wildman–Crippen LogP) is 4.26. The minimum absolute atomic E-state index is 0.225. The van der Waals surface area contributed by atoms with Crippen LogP contribution in [0.4, 0.5) is 0 Å². The highest BCUT2D eigenvalue weighted by Crippen LogP contribution is 2.25. The van der Waals surface area contributed by atoms with Gasteiger partial charge in [0.25, 0.3) is 5.91 Å². The molecule has 28 heavy (non-hydrogen) atoms. The van der Waals surface area contributed by atoms with Crippen LogP contribution in [0.25, 0.3) is 10.9 Å². The number of fused-ring (bicyclic) bond motifs is 1. The smallest absolute Gasteiger partial charge is 0.328 e. The molecule has 1 aromatic carbocycles. The van der Waals surface area contributed by atoms with Gasteiger partial charge in [-0.2, -0.15) is 0 Å². The lowest BCUT2D eigenvalue weighted by atomic mass is 10.0. The van der Waals surface area contributed by atoms with E-state index >= 15 is 0 Å². The summed E-state index contributed by atoms with van der Waals surface area (Å²) >= 11 is 1.52. The van der Waals surface area contributed by atoms with Gasteiger partial charge in [-0.15, -0.1) is 11.3 Å². The van der Waals surface area contributed by atoms with Crippen LogP contribution in [0.5, 0.6) is 0 Å². The number of esters is 1. The first-order chi connectivity index (χ1) is 13.6. The number of hydrogen-bond acceptors (Lipinski definition) is 4. The lowest BCUT2D eigenvalue weighted by molar-refractivity contribution is -0.142. The second kappa shape index (κ2) is 9.06. The van der Waals surface area contributed by atoms with Crippen molar-refractivity contribution in [2.45, 2.75) is 45.6 Å². The van der Waals surface area contributed by atoms with Crippen molar-refractivity contribution in [2.75, 3.05) is 7.11 Å². The predicted molar refractivity (Wildman–Crippen MR) is 113 cm³/mol. The lowest BCUT2D eigenvalue weighted by Crippen LogP contribution is -2.42. The first kappa shape index (κ1) is 20.1. The second-order valence-corrected chi connectivity index (χ2v) is 7.91. The van der Waals surface area contributed by atoms with Crippen molar-refractivity contribution in [1.82, 2.24) is 10.3 Å². The standard InChI is InChI=1S/C22H26N2O3S/c1-4-8-19-14(5-2)12-20(28-19)21(25)24-18(22(26)27-3)11-15-13-23-17-10-7-6-9-16(15)17/h6-7,9-10,12-13,18,23H,4-5,8,11H2,1-3H3,(H,24,25). The number of ether oxygens (including phenoxy) is 1. The van der Waals surface area contributed by atoms with Crippen molar-refractivity contribution in [3.05, 3.63) is 57.4 Å². The summed E-state index contributed by atoms with van der Waals surface area (Å²) in [5, 5.41) is 3.92. The average Bonchev–Trinajstić information content (AvgIpc) is 3.31.